The van der Waals surface area contributed by atoms with Crippen molar-refractivity contribution in [1.82, 2.24) is 9.13 Å². The van der Waals surface area contributed by atoms with Gasteiger partial charge in [-0.25, -0.2) is 0 Å². The van der Waals surface area contributed by atoms with Crippen molar-refractivity contribution in [2.45, 2.75) is 163 Å². The Morgan fingerprint density at radius 3 is 1.11 bits per heavy atom. The quantitative estimate of drug-likeness (QED) is 0.142. The molecule has 1 spiro atoms. The molecule has 0 radical (unpaired) electrons. The van der Waals surface area contributed by atoms with Gasteiger partial charge in [-0.1, -0.05) is 373 Å². The van der Waals surface area contributed by atoms with E-state index in [2.05, 4.69) is 489 Å². The Balaban J connectivity index is 0.850. The summed E-state index contributed by atoms with van der Waals surface area (Å²) in [5.74, 6) is 0. The van der Waals surface area contributed by atoms with E-state index in [1.54, 1.807) is 0 Å². The van der Waals surface area contributed by atoms with Crippen LogP contribution in [0.4, 0.5) is 34.1 Å². The maximum Gasteiger partial charge on any atom is 0.252 e. The number of benzene rings is 17. The van der Waals surface area contributed by atoms with Gasteiger partial charge in [-0.15, -0.1) is 0 Å². The second kappa shape index (κ2) is 28.9. The lowest BCUT2D eigenvalue weighted by molar-refractivity contribution is 0.569. The van der Waals surface area contributed by atoms with E-state index in [1.165, 1.54) is 121 Å². The Kier molecular flexibility index (Phi) is 17.8. The Bertz CT molecular complexity index is 8090. The van der Waals surface area contributed by atoms with Crippen LogP contribution in [-0.2, 0) is 37.9 Å². The van der Waals surface area contributed by atoms with E-state index in [0.717, 1.165) is 128 Å². The highest BCUT2D eigenvalue weighted by Gasteiger charge is 2.54. The number of hydrogen-bond acceptors (Lipinski definition) is 3. The lowest BCUT2D eigenvalue weighted by atomic mass is 9.33. The monoisotopic (exact) mass is 1720 g/mol. The standard InChI is InChI=1S/C127H111BN4O/c1-121(2,3)81-52-60-108-98(69-81)99-70-82(122(4,5)6)53-61-109(99)129(108)87-56-58-106-114(73-87)132(112-49-33-45-96-95-44-32-43-94(119(95)133-120(96)112)93-42-31-41-92-91-40-27-30-48-104(91)127(117(92)93)102-46-28-25-38-89(102)90-39-26-29-47-103(90)127)116-75-88(130-110-62-54-83(123(7,8)9)71-100(110)101-72-84(124(10,11)12)55-63-111(101)130)74-115-118(116)128(106)105-57-50-79(80-64-85(125(13,14)15)68-86(65-80)126(16,17)18)67-113(105)131(115)107-59-51-78(76-34-21-19-22-35-76)66-97(107)77-36-23-20-24-37-77/h19-75H,1-18H3. The number of anilines is 6. The number of hydrogen-bond donors (Lipinski definition) is 0. The van der Waals surface area contributed by atoms with Crippen molar-refractivity contribution < 1.29 is 4.42 Å². The van der Waals surface area contributed by atoms with Crippen molar-refractivity contribution >= 4 is 123 Å². The smallest absolute Gasteiger partial charge is 0.252 e. The predicted molar refractivity (Wildman–Crippen MR) is 567 cm³/mol. The zero-order valence-corrected chi connectivity index (χ0v) is 79.7. The van der Waals surface area contributed by atoms with Crippen molar-refractivity contribution in [3.63, 3.8) is 0 Å². The van der Waals surface area contributed by atoms with Crippen molar-refractivity contribution in [2.75, 3.05) is 9.80 Å². The number of nitrogens with zero attached hydrogens (tertiary/aromatic N) is 4. The number of fused-ring (bicyclic) bond motifs is 23. The summed E-state index contributed by atoms with van der Waals surface area (Å²) >= 11 is 0. The molecule has 0 bridgehead atoms. The number of aromatic nitrogens is 2. The summed E-state index contributed by atoms with van der Waals surface area (Å²) in [5.41, 5.74) is 44.2. The van der Waals surface area contributed by atoms with Crippen molar-refractivity contribution in [3.05, 3.63) is 401 Å². The minimum absolute atomic E-state index is 0.0964. The van der Waals surface area contributed by atoms with Gasteiger partial charge in [0.1, 0.15) is 5.58 Å². The highest BCUT2D eigenvalue weighted by atomic mass is 16.3. The van der Waals surface area contributed by atoms with Gasteiger partial charge >= 0.3 is 0 Å². The van der Waals surface area contributed by atoms with E-state index in [4.69, 9.17) is 4.42 Å². The first kappa shape index (κ1) is 82.0. The SMILES string of the molecule is CC(C)(C)c1cc(-c2ccc3c(c2)N(c2ccc(-c4ccccc4)cc2-c2ccccc2)c2cc(-n4c5ccc(C(C)(C)C)cc5c5cc(C(C)(C)C)ccc54)cc4c2B3c2ccc(-n3c5ccc(C(C)(C)C)cc5c5cc(C(C)(C)C)ccc53)cc2N4c2cccc3c2oc2c(-c4cccc5c4C4(c6ccccc6-c6ccccc64)c4ccccc4-5)cccc23)cc(C(C)(C)C)c1. The molecule has 5 nitrogen and oxygen atoms in total. The number of para-hydroxylation sites is 2. The Labute approximate surface area is 782 Å². The fourth-order valence-corrected chi connectivity index (χ4v) is 23.0. The molecule has 0 saturated carbocycles. The van der Waals surface area contributed by atoms with Crippen molar-refractivity contribution in [3.8, 4) is 78.1 Å². The van der Waals surface area contributed by atoms with Crippen LogP contribution in [0.25, 0.3) is 144 Å². The average molecular weight is 1720 g/mol. The molecule has 0 saturated heterocycles. The molecule has 24 rings (SSSR count). The topological polar surface area (TPSA) is 29.5 Å². The predicted octanol–water partition coefficient (Wildman–Crippen LogP) is 32.7. The van der Waals surface area contributed by atoms with Gasteiger partial charge in [0, 0.05) is 71.9 Å². The first-order valence-corrected chi connectivity index (χ1v) is 47.8. The van der Waals surface area contributed by atoms with Gasteiger partial charge in [-0.3, -0.25) is 0 Å². The van der Waals surface area contributed by atoms with E-state index in [9.17, 15) is 0 Å². The highest BCUT2D eigenvalue weighted by Crippen LogP contribution is 2.66. The molecular weight excluding hydrogens is 1610 g/mol. The fourth-order valence-electron chi connectivity index (χ4n) is 23.0. The first-order valence-electron chi connectivity index (χ1n) is 47.8. The molecule has 2 aliphatic carbocycles. The van der Waals surface area contributed by atoms with Gasteiger partial charge in [0.25, 0.3) is 6.71 Å². The fraction of sp³-hybridized carbons (Fsp3) is 0.197. The van der Waals surface area contributed by atoms with E-state index < -0.39 is 5.41 Å². The highest BCUT2D eigenvalue weighted by molar-refractivity contribution is 7.00. The van der Waals surface area contributed by atoms with Crippen LogP contribution in [0.3, 0.4) is 0 Å². The molecule has 2 aliphatic heterocycles. The van der Waals surface area contributed by atoms with E-state index in [1.807, 2.05) is 0 Å². The second-order valence-corrected chi connectivity index (χ2v) is 44.4. The molecule has 0 fully saturated rings. The van der Waals surface area contributed by atoms with Crippen LogP contribution in [0.5, 0.6) is 0 Å². The van der Waals surface area contributed by atoms with Gasteiger partial charge in [-0.05, 0) is 257 Å². The maximum absolute atomic E-state index is 8.28. The molecule has 0 atom stereocenters. The summed E-state index contributed by atoms with van der Waals surface area (Å²) in [5, 5.41) is 7.03. The van der Waals surface area contributed by atoms with Crippen LogP contribution >= 0.6 is 0 Å². The first-order chi connectivity index (χ1) is 63.7. The Morgan fingerprint density at radius 1 is 0.226 bits per heavy atom. The molecule has 17 aromatic carbocycles. The average Bonchev–Trinajstić information content (AvgIpc) is 1.51. The second-order valence-electron chi connectivity index (χ2n) is 44.4. The molecular formula is C127H111BN4O. The van der Waals surface area contributed by atoms with Crippen molar-refractivity contribution in [2.24, 2.45) is 0 Å². The zero-order valence-electron chi connectivity index (χ0n) is 79.7. The summed E-state index contributed by atoms with van der Waals surface area (Å²) in [7, 11) is 0. The summed E-state index contributed by atoms with van der Waals surface area (Å²) in [6, 6.07) is 135. The van der Waals surface area contributed by atoms with Crippen LogP contribution in [0.1, 0.15) is 180 Å². The molecule has 20 aromatic rings. The summed E-state index contributed by atoms with van der Waals surface area (Å²) in [6.45, 7) is 42.0. The van der Waals surface area contributed by atoms with Crippen LogP contribution in [0, 0.1) is 0 Å². The maximum atomic E-state index is 8.28. The molecule has 648 valence electrons. The molecule has 5 heterocycles. The molecule has 0 N–H and O–H groups in total. The molecule has 3 aromatic heterocycles. The van der Waals surface area contributed by atoms with Crippen LogP contribution in [0.2, 0.25) is 0 Å². The number of furan rings is 1. The number of rotatable bonds is 8. The summed E-state index contributed by atoms with van der Waals surface area (Å²) < 4.78 is 13.5. The van der Waals surface area contributed by atoms with E-state index in [0.29, 0.717) is 0 Å². The minimum atomic E-state index is -0.613. The van der Waals surface area contributed by atoms with Crippen LogP contribution in [-0.4, -0.2) is 15.8 Å². The lowest BCUT2D eigenvalue weighted by Gasteiger charge is -2.45. The third kappa shape index (κ3) is 12.5. The van der Waals surface area contributed by atoms with Gasteiger partial charge in [0.15, 0.2) is 5.58 Å². The molecule has 4 aliphatic rings. The van der Waals surface area contributed by atoms with Gasteiger partial charge in [0.2, 0.25) is 0 Å². The van der Waals surface area contributed by atoms with Gasteiger partial charge in [-0.2, -0.15) is 0 Å². The van der Waals surface area contributed by atoms with Crippen molar-refractivity contribution in [1.29, 1.82) is 0 Å². The molecule has 0 amide bonds. The van der Waals surface area contributed by atoms with E-state index in [-0.39, 0.29) is 39.2 Å². The van der Waals surface area contributed by atoms with Gasteiger partial charge in [0.05, 0.1) is 44.5 Å². The van der Waals surface area contributed by atoms with Gasteiger partial charge < -0.3 is 23.4 Å². The Hall–Kier alpha value is -14.2. The molecule has 133 heavy (non-hydrogen) atoms. The molecule has 6 heteroatoms. The summed E-state index contributed by atoms with van der Waals surface area (Å²) in [4.78, 5) is 5.36. The van der Waals surface area contributed by atoms with E-state index >= 15 is 0 Å². The summed E-state index contributed by atoms with van der Waals surface area (Å²) in [6.07, 6.45) is 0. The molecule has 0 unspecified atom stereocenters. The lowest BCUT2D eigenvalue weighted by Crippen LogP contribution is -2.61. The Morgan fingerprint density at radius 2 is 0.609 bits per heavy atom. The van der Waals surface area contributed by atoms with Crippen LogP contribution in [0.15, 0.2) is 350 Å². The van der Waals surface area contributed by atoms with Crippen LogP contribution < -0.4 is 26.2 Å². The third-order valence-corrected chi connectivity index (χ3v) is 30.0. The largest absolute Gasteiger partial charge is 0.453 e. The normalized spacial score (nSPS) is 14.0. The minimum Gasteiger partial charge on any atom is -0.453 e. The zero-order chi connectivity index (χ0) is 91.4. The third-order valence-electron chi connectivity index (χ3n) is 30.0.